The van der Waals surface area contributed by atoms with Gasteiger partial charge >= 0.3 is 11.9 Å². The van der Waals surface area contributed by atoms with Gasteiger partial charge in [0.15, 0.2) is 0 Å². The molecule has 236 valence electrons. The number of hydrogen-bond donors (Lipinski definition) is 2. The Balaban J connectivity index is 1.20. The predicted molar refractivity (Wildman–Crippen MR) is 163 cm³/mol. The molecule has 5 unspecified atom stereocenters. The molecule has 0 radical (unpaired) electrons. The summed E-state index contributed by atoms with van der Waals surface area (Å²) in [5.74, 6) is 0.504. The van der Waals surface area contributed by atoms with Crippen molar-refractivity contribution in [2.75, 3.05) is 13.2 Å². The molecule has 6 fully saturated rings. The Morgan fingerprint density at radius 3 is 2.23 bits per heavy atom. The van der Waals surface area contributed by atoms with Gasteiger partial charge in [-0.05, 0) is 128 Å². The van der Waals surface area contributed by atoms with Crippen LogP contribution in [0.15, 0.2) is 30.3 Å². The molecule has 0 amide bonds. The minimum Gasteiger partial charge on any atom is -0.481 e. The van der Waals surface area contributed by atoms with Gasteiger partial charge in [0, 0.05) is 0 Å². The van der Waals surface area contributed by atoms with E-state index in [4.69, 9.17) is 9.47 Å². The molecule has 1 aromatic rings. The average Bonchev–Trinajstić information content (AvgIpc) is 3.65. The van der Waals surface area contributed by atoms with Crippen molar-refractivity contribution in [2.45, 2.75) is 111 Å². The van der Waals surface area contributed by atoms with Crippen molar-refractivity contribution >= 4 is 11.9 Å². The lowest BCUT2D eigenvalue weighted by molar-refractivity contribution is -0.250. The van der Waals surface area contributed by atoms with Crippen LogP contribution in [0.4, 0.5) is 0 Å². The minimum atomic E-state index is -0.724. The standard InChI is InChI=1S/C37H52O6/c1-32(2)26-14-17-35(5)27(33(26,3)16-15-28(32)38)12-11-24-29-25(13-18-36(29,31(40)41)20-19-34(24,35)4)37(22-43-37)21-42-30(39)23-9-7-6-8-10-23/h6-10,24-29,38H,11-22H2,1-5H3,(H,40,41)/t24?,25-,26?,27?,28-,29?,33+,34-,35-,36+,37?/m1/s1. The van der Waals surface area contributed by atoms with E-state index in [9.17, 15) is 19.8 Å². The number of hydrogen-bond acceptors (Lipinski definition) is 5. The van der Waals surface area contributed by atoms with Crippen molar-refractivity contribution in [3.8, 4) is 0 Å². The summed E-state index contributed by atoms with van der Waals surface area (Å²) in [4.78, 5) is 26.1. The van der Waals surface area contributed by atoms with Crippen LogP contribution < -0.4 is 0 Å². The summed E-state index contributed by atoms with van der Waals surface area (Å²) >= 11 is 0. The SMILES string of the molecule is CC1(C)C2CC[C@]3(C)C(CCC4C5[C@H](C6(COC(=O)c7ccccc7)CO6)CC[C@]5(C(=O)O)CC[C@]43C)[C@@]2(C)CC[C@H]1O. The number of benzene rings is 1. The van der Waals surface area contributed by atoms with Crippen molar-refractivity contribution in [2.24, 2.45) is 56.7 Å². The summed E-state index contributed by atoms with van der Waals surface area (Å²) in [6.07, 6.45) is 9.38. The molecule has 0 spiro atoms. The Morgan fingerprint density at radius 2 is 1.56 bits per heavy atom. The van der Waals surface area contributed by atoms with Gasteiger partial charge in [0.2, 0.25) is 0 Å². The minimum absolute atomic E-state index is 0.0228. The van der Waals surface area contributed by atoms with Crippen LogP contribution in [0.1, 0.15) is 109 Å². The molecular weight excluding hydrogens is 540 g/mol. The van der Waals surface area contributed by atoms with E-state index in [0.29, 0.717) is 36.3 Å². The first kappa shape index (κ1) is 29.8. The molecule has 1 aromatic carbocycles. The van der Waals surface area contributed by atoms with E-state index in [1.165, 1.54) is 0 Å². The van der Waals surface area contributed by atoms with Crippen LogP contribution in [0.3, 0.4) is 0 Å². The molecule has 1 heterocycles. The van der Waals surface area contributed by atoms with E-state index in [1.807, 2.05) is 18.2 Å². The molecule has 6 nitrogen and oxygen atoms in total. The summed E-state index contributed by atoms with van der Waals surface area (Å²) in [6.45, 7) is 12.9. The topological polar surface area (TPSA) is 96.4 Å². The highest BCUT2D eigenvalue weighted by molar-refractivity contribution is 5.89. The molecule has 6 aliphatic rings. The molecule has 1 saturated heterocycles. The van der Waals surface area contributed by atoms with Crippen molar-refractivity contribution in [3.63, 3.8) is 0 Å². The summed E-state index contributed by atoms with van der Waals surface area (Å²) < 4.78 is 12.1. The maximum Gasteiger partial charge on any atom is 0.338 e. The van der Waals surface area contributed by atoms with Crippen molar-refractivity contribution < 1.29 is 29.3 Å². The maximum absolute atomic E-state index is 13.2. The van der Waals surface area contributed by atoms with Crippen LogP contribution in [0.5, 0.6) is 0 Å². The number of aliphatic carboxylic acids is 1. The molecule has 0 bridgehead atoms. The number of fused-ring (bicyclic) bond motifs is 7. The van der Waals surface area contributed by atoms with Crippen LogP contribution >= 0.6 is 0 Å². The highest BCUT2D eigenvalue weighted by atomic mass is 16.6. The molecule has 2 N–H and O–H groups in total. The summed E-state index contributed by atoms with van der Waals surface area (Å²) in [6, 6.07) is 9.09. The fourth-order valence-electron chi connectivity index (χ4n) is 12.9. The van der Waals surface area contributed by atoms with Crippen molar-refractivity contribution in [1.29, 1.82) is 0 Å². The van der Waals surface area contributed by atoms with Gasteiger partial charge in [-0.2, -0.15) is 0 Å². The number of carboxylic acids is 1. The summed E-state index contributed by atoms with van der Waals surface area (Å²) in [5.41, 5.74) is -0.508. The third-order valence-electron chi connectivity index (χ3n) is 15.5. The Morgan fingerprint density at radius 1 is 0.837 bits per heavy atom. The third-order valence-corrected chi connectivity index (χ3v) is 15.5. The van der Waals surface area contributed by atoms with Crippen LogP contribution in [0, 0.1) is 56.7 Å². The van der Waals surface area contributed by atoms with Gasteiger partial charge in [-0.25, -0.2) is 4.79 Å². The van der Waals surface area contributed by atoms with Gasteiger partial charge in [-0.15, -0.1) is 0 Å². The van der Waals surface area contributed by atoms with Gasteiger partial charge in [-0.3, -0.25) is 4.79 Å². The first-order valence-electron chi connectivity index (χ1n) is 17.0. The smallest absolute Gasteiger partial charge is 0.338 e. The second-order valence-corrected chi connectivity index (χ2v) is 17.0. The van der Waals surface area contributed by atoms with Gasteiger partial charge in [0.25, 0.3) is 0 Å². The summed E-state index contributed by atoms with van der Waals surface area (Å²) in [7, 11) is 0. The fraction of sp³-hybridized carbons (Fsp3) is 0.784. The number of carbonyl (C=O) groups excluding carboxylic acids is 1. The number of ether oxygens (including phenoxy) is 2. The molecule has 43 heavy (non-hydrogen) atoms. The normalized spacial score (nSPS) is 49.5. The number of carbonyl (C=O) groups is 2. The fourth-order valence-corrected chi connectivity index (χ4v) is 12.9. The molecular formula is C37H52O6. The number of aliphatic hydroxyl groups is 1. The van der Waals surface area contributed by atoms with Crippen LogP contribution in [-0.2, 0) is 14.3 Å². The Kier molecular flexibility index (Phi) is 6.61. The number of carboxylic acid groups (broad SMARTS) is 1. The number of epoxide rings is 1. The van der Waals surface area contributed by atoms with E-state index >= 15 is 0 Å². The van der Waals surface area contributed by atoms with Crippen LogP contribution in [-0.4, -0.2) is 47.1 Å². The maximum atomic E-state index is 13.2. The lowest BCUT2D eigenvalue weighted by atomic mass is 9.32. The molecule has 5 saturated carbocycles. The molecule has 1 aliphatic heterocycles. The third kappa shape index (κ3) is 3.90. The monoisotopic (exact) mass is 592 g/mol. The van der Waals surface area contributed by atoms with Crippen molar-refractivity contribution in [3.05, 3.63) is 35.9 Å². The van der Waals surface area contributed by atoms with E-state index in [-0.39, 0.29) is 52.2 Å². The molecule has 7 rings (SSSR count). The first-order chi connectivity index (χ1) is 20.3. The molecule has 6 heteroatoms. The number of rotatable bonds is 5. The van der Waals surface area contributed by atoms with Crippen LogP contribution in [0.25, 0.3) is 0 Å². The molecule has 5 aliphatic carbocycles. The second-order valence-electron chi connectivity index (χ2n) is 17.0. The lowest BCUT2D eigenvalue weighted by Crippen LogP contribution is -2.67. The number of aliphatic hydroxyl groups excluding tert-OH is 1. The highest BCUT2D eigenvalue weighted by Gasteiger charge is 2.74. The quantitative estimate of drug-likeness (QED) is 0.279. The predicted octanol–water partition coefficient (Wildman–Crippen LogP) is 7.14. The van der Waals surface area contributed by atoms with Crippen LogP contribution in [0.2, 0.25) is 0 Å². The van der Waals surface area contributed by atoms with Gasteiger partial charge in [-0.1, -0.05) is 52.8 Å². The zero-order valence-electron chi connectivity index (χ0n) is 26.9. The Hall–Kier alpha value is -1.92. The molecule has 11 atom stereocenters. The average molecular weight is 593 g/mol. The van der Waals surface area contributed by atoms with E-state index in [1.54, 1.807) is 12.1 Å². The van der Waals surface area contributed by atoms with Crippen molar-refractivity contribution in [1.82, 2.24) is 0 Å². The highest BCUT2D eigenvalue weighted by Crippen LogP contribution is 2.78. The Bertz CT molecular complexity index is 1290. The zero-order chi connectivity index (χ0) is 30.6. The van der Waals surface area contributed by atoms with Gasteiger partial charge < -0.3 is 19.7 Å². The number of esters is 1. The van der Waals surface area contributed by atoms with E-state index < -0.39 is 17.0 Å². The van der Waals surface area contributed by atoms with Gasteiger partial charge in [0.1, 0.15) is 12.2 Å². The largest absolute Gasteiger partial charge is 0.481 e. The molecule has 0 aromatic heterocycles. The first-order valence-corrected chi connectivity index (χ1v) is 17.0. The second kappa shape index (κ2) is 9.55. The lowest BCUT2D eigenvalue weighted by Gasteiger charge is -2.72. The van der Waals surface area contributed by atoms with Gasteiger partial charge in [0.05, 0.1) is 23.7 Å². The Labute approximate surface area is 257 Å². The zero-order valence-corrected chi connectivity index (χ0v) is 26.9. The van der Waals surface area contributed by atoms with E-state index in [2.05, 4.69) is 34.6 Å². The van der Waals surface area contributed by atoms with E-state index in [0.717, 1.165) is 57.8 Å². The summed E-state index contributed by atoms with van der Waals surface area (Å²) in [5, 5.41) is 21.9.